The monoisotopic (exact) mass is 582 g/mol. The lowest BCUT2D eigenvalue weighted by molar-refractivity contribution is 0.752. The summed E-state index contributed by atoms with van der Waals surface area (Å²) < 4.78 is 0. The molecule has 0 heterocycles. The molecule has 0 amide bonds. The first kappa shape index (κ1) is 36.9. The Balaban J connectivity index is -0.000000366. The molecule has 9 heteroatoms. The van der Waals surface area contributed by atoms with Crippen molar-refractivity contribution in [1.82, 2.24) is 0 Å². The van der Waals surface area contributed by atoms with Gasteiger partial charge in [0.15, 0.2) is 0 Å². The van der Waals surface area contributed by atoms with E-state index in [0.717, 1.165) is 35.0 Å². The summed E-state index contributed by atoms with van der Waals surface area (Å²) in [6, 6.07) is 0. The highest BCUT2D eigenvalue weighted by atomic mass is 33.7. The van der Waals surface area contributed by atoms with Gasteiger partial charge in [0.1, 0.15) is 0 Å². The molecule has 0 radical (unpaired) electrons. The third kappa shape index (κ3) is 48.0. The average molecular weight is 583 g/mol. The van der Waals surface area contributed by atoms with Crippen LogP contribution in [0.2, 0.25) is 0 Å². The van der Waals surface area contributed by atoms with Crippen molar-refractivity contribution in [3.8, 4) is 0 Å². The van der Waals surface area contributed by atoms with E-state index < -0.39 is 0 Å². The number of hydrogen-bond donors (Lipinski definition) is 0. The Hall–Kier alpha value is 2.37. The molecular weight excluding hydrogens is 541 g/mol. The lowest BCUT2D eigenvalue weighted by Crippen LogP contribution is -1.87. The van der Waals surface area contributed by atoms with Crippen LogP contribution in [0.15, 0.2) is 38.0 Å². The molecule has 0 aromatic carbocycles. The molecule has 0 unspecified atom stereocenters. The molecule has 30 heavy (non-hydrogen) atoms. The fraction of sp³-hybridized carbons (Fsp3) is 0.714. The van der Waals surface area contributed by atoms with Crippen molar-refractivity contribution in [2.45, 2.75) is 41.5 Å². The lowest BCUT2D eigenvalue weighted by atomic mass is 10.3. The molecule has 0 rings (SSSR count). The molecule has 0 aromatic rings. The van der Waals surface area contributed by atoms with Crippen molar-refractivity contribution in [3.05, 3.63) is 38.0 Å². The van der Waals surface area contributed by atoms with Crippen LogP contribution in [0.1, 0.15) is 41.5 Å². The largest absolute Gasteiger partial charge is 0.102 e. The summed E-state index contributed by atoms with van der Waals surface area (Å²) >= 11 is 0. The fourth-order valence-corrected chi connectivity index (χ4v) is 12.9. The highest BCUT2D eigenvalue weighted by Crippen LogP contribution is 2.43. The number of hydrogen-bond acceptors (Lipinski definition) is 9. The SMILES string of the molecule is C=CCSSCC(C)C.C=CCSSSCC(C)C.C=CCSSSSCC(C)C. The van der Waals surface area contributed by atoms with Crippen LogP contribution in [0.5, 0.6) is 0 Å². The zero-order valence-corrected chi connectivity index (χ0v) is 26.9. The zero-order chi connectivity index (χ0) is 23.5. The first-order valence-electron chi connectivity index (χ1n) is 9.87. The normalized spacial score (nSPS) is 10.3. The van der Waals surface area contributed by atoms with Crippen LogP contribution in [-0.2, 0) is 0 Å². The second kappa shape index (κ2) is 33.5. The van der Waals surface area contributed by atoms with Gasteiger partial charge >= 0.3 is 0 Å². The summed E-state index contributed by atoms with van der Waals surface area (Å²) in [6.07, 6.45) is 5.82. The standard InChI is InChI=1S/C7H14S4.C7H14S3.C7H14S2/c1-4-5-8-10-11-9-6-7(2)3;1-4-5-8-10-9-6-7(2)3;1-4-5-8-9-6-7(2)3/h4,7H,1,5-6H2,2-3H3;4,7H,1,5-6H2,2-3H3;4,7H,1,5-6H2,2-3H3. The van der Waals surface area contributed by atoms with Gasteiger partial charge in [-0.15, -0.1) is 19.7 Å². The lowest BCUT2D eigenvalue weighted by Gasteiger charge is -2.01. The van der Waals surface area contributed by atoms with E-state index in [1.54, 1.807) is 0 Å². The van der Waals surface area contributed by atoms with Crippen molar-refractivity contribution >= 4 is 94.2 Å². The average Bonchev–Trinajstić information content (AvgIpc) is 2.68. The summed E-state index contributed by atoms with van der Waals surface area (Å²) in [5.74, 6) is 9.32. The maximum atomic E-state index is 3.66. The topological polar surface area (TPSA) is 0 Å². The first-order chi connectivity index (χ1) is 14.3. The Bertz CT molecular complexity index is 347. The molecule has 0 saturated heterocycles. The van der Waals surface area contributed by atoms with E-state index in [1.165, 1.54) is 17.3 Å². The number of rotatable bonds is 18. The van der Waals surface area contributed by atoms with Gasteiger partial charge in [0.2, 0.25) is 0 Å². The Morgan fingerprint density at radius 2 is 0.800 bits per heavy atom. The summed E-state index contributed by atoms with van der Waals surface area (Å²) in [7, 11) is 17.0. The molecule has 0 aromatic heterocycles. The highest BCUT2D eigenvalue weighted by Gasteiger charge is 1.95. The van der Waals surface area contributed by atoms with Crippen molar-refractivity contribution < 1.29 is 0 Å². The smallest absolute Gasteiger partial charge is 0.0223 e. The molecule has 0 spiro atoms. The molecule has 0 bridgehead atoms. The minimum Gasteiger partial charge on any atom is -0.102 e. The van der Waals surface area contributed by atoms with E-state index in [4.69, 9.17) is 0 Å². The molecular formula is C21H42S9. The predicted molar refractivity (Wildman–Crippen MR) is 173 cm³/mol. The molecule has 0 aliphatic rings. The van der Waals surface area contributed by atoms with Gasteiger partial charge in [0.25, 0.3) is 0 Å². The van der Waals surface area contributed by atoms with Crippen molar-refractivity contribution in [2.75, 3.05) is 34.5 Å². The Morgan fingerprint density at radius 1 is 0.467 bits per heavy atom. The Labute approximate surface area is 223 Å². The Kier molecular flexibility index (Phi) is 41.3. The van der Waals surface area contributed by atoms with Crippen molar-refractivity contribution in [3.63, 3.8) is 0 Å². The maximum Gasteiger partial charge on any atom is 0.0223 e. The third-order valence-corrected chi connectivity index (χ3v) is 15.9. The van der Waals surface area contributed by atoms with Crippen molar-refractivity contribution in [1.29, 1.82) is 0 Å². The van der Waals surface area contributed by atoms with Gasteiger partial charge in [-0.1, -0.05) is 125 Å². The van der Waals surface area contributed by atoms with Crippen LogP contribution in [0.4, 0.5) is 0 Å². The molecule has 0 fully saturated rings. The van der Waals surface area contributed by atoms with E-state index in [-0.39, 0.29) is 0 Å². The predicted octanol–water partition coefficient (Wildman–Crippen LogP) is 11.6. The summed E-state index contributed by atoms with van der Waals surface area (Å²) in [4.78, 5) is 0. The molecule has 0 aliphatic heterocycles. The zero-order valence-electron chi connectivity index (χ0n) is 19.5. The Morgan fingerprint density at radius 3 is 1.23 bits per heavy atom. The van der Waals surface area contributed by atoms with Crippen LogP contribution >= 0.6 is 94.2 Å². The van der Waals surface area contributed by atoms with Gasteiger partial charge in [0.05, 0.1) is 0 Å². The van der Waals surface area contributed by atoms with Gasteiger partial charge in [-0.25, -0.2) is 0 Å². The minimum absolute atomic E-state index is 0.803. The van der Waals surface area contributed by atoms with E-state index in [0.29, 0.717) is 0 Å². The van der Waals surface area contributed by atoms with E-state index >= 15 is 0 Å². The van der Waals surface area contributed by atoms with E-state index in [9.17, 15) is 0 Å². The van der Waals surface area contributed by atoms with Gasteiger partial charge in [-0.3, -0.25) is 0 Å². The second-order valence-corrected chi connectivity index (χ2v) is 19.9. The molecule has 0 nitrogen and oxygen atoms in total. The molecule has 0 N–H and O–H groups in total. The van der Waals surface area contributed by atoms with Crippen molar-refractivity contribution in [2.24, 2.45) is 17.8 Å². The minimum atomic E-state index is 0.803. The van der Waals surface area contributed by atoms with Gasteiger partial charge in [0, 0.05) is 34.5 Å². The van der Waals surface area contributed by atoms with Gasteiger partial charge in [-0.05, 0) is 47.2 Å². The molecule has 0 atom stereocenters. The summed E-state index contributed by atoms with van der Waals surface area (Å²) in [6.45, 7) is 24.4. The second-order valence-electron chi connectivity index (χ2n) is 6.96. The van der Waals surface area contributed by atoms with E-state index in [1.807, 2.05) is 112 Å². The molecule has 0 saturated carbocycles. The van der Waals surface area contributed by atoms with Crippen LogP contribution in [0.25, 0.3) is 0 Å². The summed E-state index contributed by atoms with van der Waals surface area (Å²) in [5, 5.41) is 0. The first-order valence-corrected chi connectivity index (χ1v) is 21.3. The summed E-state index contributed by atoms with van der Waals surface area (Å²) in [5.41, 5.74) is 0. The van der Waals surface area contributed by atoms with Gasteiger partial charge in [-0.2, -0.15) is 0 Å². The third-order valence-electron chi connectivity index (χ3n) is 2.07. The van der Waals surface area contributed by atoms with Crippen LogP contribution in [0, 0.1) is 17.8 Å². The van der Waals surface area contributed by atoms with Crippen LogP contribution in [-0.4, -0.2) is 34.5 Å². The van der Waals surface area contributed by atoms with Crippen LogP contribution < -0.4 is 0 Å². The quantitative estimate of drug-likeness (QED) is 0.0871. The van der Waals surface area contributed by atoms with Crippen LogP contribution in [0.3, 0.4) is 0 Å². The fourth-order valence-electron chi connectivity index (χ4n) is 0.833. The van der Waals surface area contributed by atoms with Gasteiger partial charge < -0.3 is 0 Å². The highest BCUT2D eigenvalue weighted by molar-refractivity contribution is 9.26. The van der Waals surface area contributed by atoms with E-state index in [2.05, 4.69) is 61.3 Å². The molecule has 0 aliphatic carbocycles. The molecule has 180 valence electrons. The maximum absolute atomic E-state index is 3.66.